The van der Waals surface area contributed by atoms with Crippen molar-refractivity contribution in [2.24, 2.45) is 0 Å². The Morgan fingerprint density at radius 1 is 1.32 bits per heavy atom. The highest BCUT2D eigenvalue weighted by Crippen LogP contribution is 2.25. The molecule has 1 heterocycles. The molecular formula is C17H25N3O2. The molecule has 0 saturated carbocycles. The van der Waals surface area contributed by atoms with Gasteiger partial charge in [-0.1, -0.05) is 6.92 Å². The molecule has 1 aromatic carbocycles. The van der Waals surface area contributed by atoms with E-state index in [0.29, 0.717) is 6.04 Å². The van der Waals surface area contributed by atoms with Crippen LogP contribution in [0.4, 0.5) is 5.69 Å². The Bertz CT molecular complexity index is 599. The maximum atomic E-state index is 9.53. The standard InChI is InChI=1S/C17H25N3O2/c1-3-20(12-21)10-4-5-13(2)19-16-8-9-18-17-11-14(22)6-7-15(16)17/h6-9,11,13,21-22H,3-5,10,12H2,1-2H3,(H,18,19). The van der Waals surface area contributed by atoms with E-state index in [1.165, 1.54) is 0 Å². The predicted molar refractivity (Wildman–Crippen MR) is 90.1 cm³/mol. The number of phenols is 1. The van der Waals surface area contributed by atoms with Crippen LogP contribution in [0.3, 0.4) is 0 Å². The molecule has 22 heavy (non-hydrogen) atoms. The van der Waals surface area contributed by atoms with E-state index in [4.69, 9.17) is 5.11 Å². The van der Waals surface area contributed by atoms with Crippen LogP contribution in [0, 0.1) is 0 Å². The van der Waals surface area contributed by atoms with E-state index >= 15 is 0 Å². The Balaban J connectivity index is 1.95. The number of aliphatic hydroxyl groups is 1. The molecule has 0 aliphatic carbocycles. The highest BCUT2D eigenvalue weighted by Gasteiger charge is 2.08. The third kappa shape index (κ3) is 4.32. The number of aromatic nitrogens is 1. The first kappa shape index (κ1) is 16.5. The second kappa shape index (κ2) is 7.96. The van der Waals surface area contributed by atoms with Gasteiger partial charge < -0.3 is 15.5 Å². The van der Waals surface area contributed by atoms with Gasteiger partial charge >= 0.3 is 0 Å². The van der Waals surface area contributed by atoms with Gasteiger partial charge in [0.05, 0.1) is 12.2 Å². The fraction of sp³-hybridized carbons (Fsp3) is 0.471. The normalized spacial score (nSPS) is 12.7. The summed E-state index contributed by atoms with van der Waals surface area (Å²) in [6.45, 7) is 6.11. The van der Waals surface area contributed by atoms with E-state index in [2.05, 4.69) is 24.1 Å². The van der Waals surface area contributed by atoms with Crippen LogP contribution in [-0.2, 0) is 0 Å². The molecule has 0 spiro atoms. The van der Waals surface area contributed by atoms with Crippen LogP contribution >= 0.6 is 0 Å². The lowest BCUT2D eigenvalue weighted by Crippen LogP contribution is -2.26. The fourth-order valence-corrected chi connectivity index (χ4v) is 2.55. The zero-order valence-corrected chi connectivity index (χ0v) is 13.3. The summed E-state index contributed by atoms with van der Waals surface area (Å²) in [7, 11) is 0. The monoisotopic (exact) mass is 303 g/mol. The number of phenolic OH excluding ortho intramolecular Hbond substituents is 1. The molecule has 0 amide bonds. The van der Waals surface area contributed by atoms with Gasteiger partial charge in [-0.15, -0.1) is 0 Å². The van der Waals surface area contributed by atoms with Crippen molar-refractivity contribution in [1.29, 1.82) is 0 Å². The molecule has 0 bridgehead atoms. The maximum Gasteiger partial charge on any atom is 0.117 e. The van der Waals surface area contributed by atoms with Gasteiger partial charge in [-0.05, 0) is 44.5 Å². The van der Waals surface area contributed by atoms with Crippen LogP contribution < -0.4 is 5.32 Å². The summed E-state index contributed by atoms with van der Waals surface area (Å²) in [6, 6.07) is 7.53. The van der Waals surface area contributed by atoms with Gasteiger partial charge in [0.1, 0.15) is 5.75 Å². The average molecular weight is 303 g/mol. The van der Waals surface area contributed by atoms with Crippen molar-refractivity contribution >= 4 is 16.6 Å². The van der Waals surface area contributed by atoms with Crippen molar-refractivity contribution in [3.8, 4) is 5.75 Å². The van der Waals surface area contributed by atoms with Gasteiger partial charge in [0.15, 0.2) is 0 Å². The number of aliphatic hydroxyl groups excluding tert-OH is 1. The molecule has 0 fully saturated rings. The third-order valence-electron chi connectivity index (χ3n) is 3.89. The molecule has 2 rings (SSSR count). The fourth-order valence-electron chi connectivity index (χ4n) is 2.55. The molecule has 5 nitrogen and oxygen atoms in total. The summed E-state index contributed by atoms with van der Waals surface area (Å²) in [5.41, 5.74) is 1.82. The Labute approximate surface area is 131 Å². The first-order valence-corrected chi connectivity index (χ1v) is 7.81. The summed E-state index contributed by atoms with van der Waals surface area (Å²) in [6.07, 6.45) is 3.81. The number of nitrogens with one attached hydrogen (secondary N) is 1. The van der Waals surface area contributed by atoms with Crippen LogP contribution in [0.15, 0.2) is 30.5 Å². The second-order valence-corrected chi connectivity index (χ2v) is 5.60. The van der Waals surface area contributed by atoms with E-state index in [1.54, 1.807) is 18.3 Å². The van der Waals surface area contributed by atoms with Crippen molar-refractivity contribution in [2.45, 2.75) is 32.7 Å². The Kier molecular flexibility index (Phi) is 5.98. The first-order valence-electron chi connectivity index (χ1n) is 7.81. The van der Waals surface area contributed by atoms with Crippen molar-refractivity contribution in [1.82, 2.24) is 9.88 Å². The number of pyridine rings is 1. The van der Waals surface area contributed by atoms with Crippen LogP contribution in [-0.4, -0.2) is 46.0 Å². The summed E-state index contributed by atoms with van der Waals surface area (Å²) in [5.74, 6) is 0.230. The van der Waals surface area contributed by atoms with E-state index in [-0.39, 0.29) is 12.5 Å². The number of hydrogen-bond donors (Lipinski definition) is 3. The molecule has 0 saturated heterocycles. The highest BCUT2D eigenvalue weighted by atomic mass is 16.3. The van der Waals surface area contributed by atoms with Crippen molar-refractivity contribution in [2.75, 3.05) is 25.1 Å². The van der Waals surface area contributed by atoms with Gasteiger partial charge in [-0.3, -0.25) is 9.88 Å². The zero-order valence-electron chi connectivity index (χ0n) is 13.3. The Morgan fingerprint density at radius 3 is 2.86 bits per heavy atom. The number of benzene rings is 1. The summed E-state index contributed by atoms with van der Waals surface area (Å²) in [4.78, 5) is 6.29. The van der Waals surface area contributed by atoms with Crippen LogP contribution in [0.25, 0.3) is 10.9 Å². The predicted octanol–water partition coefficient (Wildman–Crippen LogP) is 2.79. The zero-order chi connectivity index (χ0) is 15.9. The number of aromatic hydroxyl groups is 1. The van der Waals surface area contributed by atoms with Gasteiger partial charge in [0, 0.05) is 35.9 Å². The van der Waals surface area contributed by atoms with Crippen molar-refractivity contribution < 1.29 is 10.2 Å². The second-order valence-electron chi connectivity index (χ2n) is 5.60. The molecular weight excluding hydrogens is 278 g/mol. The average Bonchev–Trinajstić information content (AvgIpc) is 2.51. The van der Waals surface area contributed by atoms with E-state index in [1.807, 2.05) is 17.0 Å². The Morgan fingerprint density at radius 2 is 2.14 bits per heavy atom. The largest absolute Gasteiger partial charge is 0.508 e. The molecule has 1 aromatic heterocycles. The van der Waals surface area contributed by atoms with Crippen molar-refractivity contribution in [3.05, 3.63) is 30.5 Å². The molecule has 3 N–H and O–H groups in total. The summed E-state index contributed by atoms with van der Waals surface area (Å²) >= 11 is 0. The van der Waals surface area contributed by atoms with Crippen molar-refractivity contribution in [3.63, 3.8) is 0 Å². The maximum absolute atomic E-state index is 9.53. The number of anilines is 1. The van der Waals surface area contributed by atoms with Gasteiger partial charge in [-0.25, -0.2) is 0 Å². The Hall–Kier alpha value is -1.85. The van der Waals surface area contributed by atoms with E-state index < -0.39 is 0 Å². The summed E-state index contributed by atoms with van der Waals surface area (Å²) < 4.78 is 0. The first-order chi connectivity index (χ1) is 10.6. The van der Waals surface area contributed by atoms with Crippen LogP contribution in [0.5, 0.6) is 5.75 Å². The number of nitrogens with zero attached hydrogens (tertiary/aromatic N) is 2. The minimum Gasteiger partial charge on any atom is -0.508 e. The topological polar surface area (TPSA) is 68.6 Å². The SMILES string of the molecule is CCN(CO)CCCC(C)Nc1ccnc2cc(O)ccc12. The molecule has 120 valence electrons. The molecule has 0 aliphatic heterocycles. The summed E-state index contributed by atoms with van der Waals surface area (Å²) in [5, 5.41) is 23.2. The molecule has 0 radical (unpaired) electrons. The molecule has 1 atom stereocenters. The van der Waals surface area contributed by atoms with Crippen LogP contribution in [0.2, 0.25) is 0 Å². The minimum absolute atomic E-state index is 0.122. The number of fused-ring (bicyclic) bond motifs is 1. The smallest absolute Gasteiger partial charge is 0.117 e. The van der Waals surface area contributed by atoms with E-state index in [0.717, 1.165) is 42.5 Å². The molecule has 1 unspecified atom stereocenters. The molecule has 0 aliphatic rings. The lowest BCUT2D eigenvalue weighted by atomic mass is 10.1. The van der Waals surface area contributed by atoms with Gasteiger partial charge in [0.25, 0.3) is 0 Å². The number of hydrogen-bond acceptors (Lipinski definition) is 5. The van der Waals surface area contributed by atoms with Gasteiger partial charge in [-0.2, -0.15) is 0 Å². The lowest BCUT2D eigenvalue weighted by Gasteiger charge is -2.20. The molecule has 2 aromatic rings. The molecule has 5 heteroatoms. The highest BCUT2D eigenvalue weighted by molar-refractivity contribution is 5.91. The lowest BCUT2D eigenvalue weighted by molar-refractivity contribution is 0.110. The quantitative estimate of drug-likeness (QED) is 0.654. The third-order valence-corrected chi connectivity index (χ3v) is 3.89. The van der Waals surface area contributed by atoms with Crippen LogP contribution in [0.1, 0.15) is 26.7 Å². The number of rotatable bonds is 8. The minimum atomic E-state index is 0.122. The van der Waals surface area contributed by atoms with E-state index in [9.17, 15) is 5.11 Å². The van der Waals surface area contributed by atoms with Gasteiger partial charge in [0.2, 0.25) is 0 Å².